The van der Waals surface area contributed by atoms with Gasteiger partial charge in [-0.3, -0.25) is 4.79 Å². The molecule has 0 spiro atoms. The maximum atomic E-state index is 12.7. The number of aromatic nitrogens is 3. The van der Waals surface area contributed by atoms with Crippen LogP contribution in [-0.4, -0.2) is 42.0 Å². The van der Waals surface area contributed by atoms with E-state index in [-0.39, 0.29) is 11.2 Å². The lowest BCUT2D eigenvalue weighted by atomic mass is 10.1. The maximum Gasteiger partial charge on any atom is 0.250 e. The van der Waals surface area contributed by atoms with Gasteiger partial charge >= 0.3 is 0 Å². The van der Waals surface area contributed by atoms with E-state index in [1.807, 2.05) is 42.5 Å². The van der Waals surface area contributed by atoms with E-state index in [1.54, 1.807) is 21.3 Å². The number of carbonyl (C=O) groups is 1. The monoisotopic (exact) mass is 397 g/mol. The maximum absolute atomic E-state index is 12.7. The third kappa shape index (κ3) is 3.31. The molecule has 0 saturated heterocycles. The Labute approximate surface area is 166 Å². The van der Waals surface area contributed by atoms with Crippen molar-refractivity contribution < 1.29 is 19.0 Å². The van der Waals surface area contributed by atoms with Crippen molar-refractivity contribution in [2.75, 3.05) is 21.3 Å². The lowest BCUT2D eigenvalue weighted by Gasteiger charge is -2.21. The smallest absolute Gasteiger partial charge is 0.250 e. The lowest BCUT2D eigenvalue weighted by Crippen LogP contribution is -2.21. The Morgan fingerprint density at radius 1 is 1.00 bits per heavy atom. The first-order valence-corrected chi connectivity index (χ1v) is 9.54. The van der Waals surface area contributed by atoms with Crippen molar-refractivity contribution in [2.24, 2.45) is 0 Å². The summed E-state index contributed by atoms with van der Waals surface area (Å²) in [5, 5.41) is 4.92. The Hall–Kier alpha value is -3.00. The van der Waals surface area contributed by atoms with Gasteiger partial charge in [-0.05, 0) is 42.0 Å². The molecule has 1 aromatic heterocycles. The number of fused-ring (bicyclic) bond motifs is 1. The molecular formula is C20H19N3O4S. The molecule has 0 fully saturated rings. The first-order valence-electron chi connectivity index (χ1n) is 8.66. The van der Waals surface area contributed by atoms with Crippen molar-refractivity contribution >= 4 is 17.7 Å². The van der Waals surface area contributed by atoms with Crippen molar-refractivity contribution in [3.63, 3.8) is 0 Å². The molecule has 3 aromatic rings. The Morgan fingerprint density at radius 3 is 2.43 bits per heavy atom. The molecule has 2 aromatic carbocycles. The number of benzene rings is 2. The van der Waals surface area contributed by atoms with E-state index in [1.165, 1.54) is 16.4 Å². The molecule has 7 nitrogen and oxygen atoms in total. The van der Waals surface area contributed by atoms with Crippen molar-refractivity contribution in [2.45, 2.75) is 16.8 Å². The van der Waals surface area contributed by atoms with Crippen molar-refractivity contribution in [1.82, 2.24) is 14.8 Å². The summed E-state index contributed by atoms with van der Waals surface area (Å²) in [7, 11) is 4.81. The summed E-state index contributed by atoms with van der Waals surface area (Å²) < 4.78 is 17.2. The van der Waals surface area contributed by atoms with Crippen LogP contribution in [-0.2, 0) is 0 Å². The standard InChI is InChI=1S/C20H19N3O4S/c1-25-14-7-4-12(5-8-14)19-21-20-23(22-19)18(24)11-17(28-20)13-6-9-15(26-2)16(10-13)27-3/h4-10,17H,11H2,1-3H3. The quantitative estimate of drug-likeness (QED) is 0.647. The first kappa shape index (κ1) is 18.4. The SMILES string of the molecule is COc1ccc(-c2nc3n(n2)C(=O)CC(c2ccc(OC)c(OC)c2)S3)cc1. The van der Waals surface area contributed by atoms with Gasteiger partial charge in [0, 0.05) is 17.2 Å². The molecule has 8 heteroatoms. The Bertz CT molecular complexity index is 1020. The lowest BCUT2D eigenvalue weighted by molar-refractivity contribution is 0.0868. The fourth-order valence-corrected chi connectivity index (χ4v) is 4.20. The van der Waals surface area contributed by atoms with Crippen LogP contribution < -0.4 is 14.2 Å². The normalized spacial score (nSPS) is 15.8. The third-order valence-electron chi connectivity index (χ3n) is 4.55. The second kappa shape index (κ2) is 7.55. The summed E-state index contributed by atoms with van der Waals surface area (Å²) in [5.74, 6) is 2.49. The Kier molecular flexibility index (Phi) is 4.95. The van der Waals surface area contributed by atoms with Gasteiger partial charge in [-0.1, -0.05) is 17.8 Å². The van der Waals surface area contributed by atoms with Crippen LogP contribution in [0.15, 0.2) is 47.6 Å². The van der Waals surface area contributed by atoms with Gasteiger partial charge < -0.3 is 14.2 Å². The van der Waals surface area contributed by atoms with Gasteiger partial charge in [-0.25, -0.2) is 4.98 Å². The van der Waals surface area contributed by atoms with Gasteiger partial charge in [-0.15, -0.1) is 5.10 Å². The fourth-order valence-electron chi connectivity index (χ4n) is 3.05. The second-order valence-corrected chi connectivity index (χ2v) is 7.35. The van der Waals surface area contributed by atoms with Crippen LogP contribution in [0.4, 0.5) is 0 Å². The molecule has 0 aliphatic carbocycles. The van der Waals surface area contributed by atoms with Gasteiger partial charge in [0.05, 0.1) is 21.3 Å². The van der Waals surface area contributed by atoms with Crippen LogP contribution in [0.5, 0.6) is 17.2 Å². The molecule has 1 unspecified atom stereocenters. The van der Waals surface area contributed by atoms with Crippen molar-refractivity contribution in [1.29, 1.82) is 0 Å². The molecule has 0 N–H and O–H groups in total. The number of carbonyl (C=O) groups excluding carboxylic acids is 1. The van der Waals surface area contributed by atoms with Crippen LogP contribution >= 0.6 is 11.8 Å². The van der Waals surface area contributed by atoms with E-state index >= 15 is 0 Å². The summed E-state index contributed by atoms with van der Waals surface area (Å²) in [5.41, 5.74) is 1.81. The van der Waals surface area contributed by atoms with Crippen LogP contribution in [0.2, 0.25) is 0 Å². The van der Waals surface area contributed by atoms with Gasteiger partial charge in [0.25, 0.3) is 5.91 Å². The highest BCUT2D eigenvalue weighted by Crippen LogP contribution is 2.43. The van der Waals surface area contributed by atoms with Gasteiger partial charge in [-0.2, -0.15) is 4.68 Å². The largest absolute Gasteiger partial charge is 0.497 e. The van der Waals surface area contributed by atoms with E-state index in [2.05, 4.69) is 10.1 Å². The summed E-state index contributed by atoms with van der Waals surface area (Å²) in [6.45, 7) is 0. The first-order chi connectivity index (χ1) is 13.6. The number of nitrogens with zero attached hydrogens (tertiary/aromatic N) is 3. The minimum absolute atomic E-state index is 0.0623. The summed E-state index contributed by atoms with van der Waals surface area (Å²) in [4.78, 5) is 17.2. The summed E-state index contributed by atoms with van der Waals surface area (Å²) in [6.07, 6.45) is 0.332. The summed E-state index contributed by atoms with van der Waals surface area (Å²) in [6, 6.07) is 13.1. The van der Waals surface area contributed by atoms with E-state index in [0.29, 0.717) is 28.9 Å². The number of rotatable bonds is 5. The molecule has 28 heavy (non-hydrogen) atoms. The van der Waals surface area contributed by atoms with Gasteiger partial charge in [0.15, 0.2) is 22.5 Å². The number of thioether (sulfide) groups is 1. The van der Waals surface area contributed by atoms with E-state index in [4.69, 9.17) is 14.2 Å². The highest BCUT2D eigenvalue weighted by Gasteiger charge is 2.30. The van der Waals surface area contributed by atoms with Crippen LogP contribution in [0.25, 0.3) is 11.4 Å². The Balaban J connectivity index is 1.63. The predicted molar refractivity (Wildman–Crippen MR) is 105 cm³/mol. The van der Waals surface area contributed by atoms with E-state index in [0.717, 1.165) is 16.9 Å². The minimum Gasteiger partial charge on any atom is -0.497 e. The fraction of sp³-hybridized carbons (Fsp3) is 0.250. The number of hydrogen-bond donors (Lipinski definition) is 0. The van der Waals surface area contributed by atoms with Crippen LogP contribution in [0, 0.1) is 0 Å². The second-order valence-electron chi connectivity index (χ2n) is 6.18. The molecule has 1 atom stereocenters. The molecule has 0 saturated carbocycles. The average Bonchev–Trinajstić information content (AvgIpc) is 3.18. The molecule has 1 aliphatic heterocycles. The average molecular weight is 397 g/mol. The highest BCUT2D eigenvalue weighted by molar-refractivity contribution is 7.99. The van der Waals surface area contributed by atoms with Crippen molar-refractivity contribution in [3.05, 3.63) is 48.0 Å². The van der Waals surface area contributed by atoms with Crippen LogP contribution in [0.3, 0.4) is 0 Å². The molecular weight excluding hydrogens is 378 g/mol. The van der Waals surface area contributed by atoms with Crippen molar-refractivity contribution in [3.8, 4) is 28.6 Å². The molecule has 144 valence electrons. The van der Waals surface area contributed by atoms with Crippen LogP contribution in [0.1, 0.15) is 22.0 Å². The number of hydrogen-bond acceptors (Lipinski definition) is 7. The van der Waals surface area contributed by atoms with E-state index < -0.39 is 0 Å². The zero-order valence-corrected chi connectivity index (χ0v) is 16.5. The third-order valence-corrected chi connectivity index (χ3v) is 5.75. The molecule has 0 amide bonds. The Morgan fingerprint density at radius 2 is 1.75 bits per heavy atom. The molecule has 0 bridgehead atoms. The zero-order chi connectivity index (χ0) is 19.7. The highest BCUT2D eigenvalue weighted by atomic mass is 32.2. The predicted octanol–water partition coefficient (Wildman–Crippen LogP) is 3.85. The number of ether oxygens (including phenoxy) is 3. The van der Waals surface area contributed by atoms with E-state index in [9.17, 15) is 4.79 Å². The molecule has 0 radical (unpaired) electrons. The molecule has 2 heterocycles. The zero-order valence-electron chi connectivity index (χ0n) is 15.7. The molecule has 1 aliphatic rings. The van der Waals surface area contributed by atoms with Gasteiger partial charge in [0.2, 0.25) is 0 Å². The summed E-state index contributed by atoms with van der Waals surface area (Å²) >= 11 is 1.52. The molecule has 4 rings (SSSR count). The minimum atomic E-state index is -0.0826. The number of methoxy groups -OCH3 is 3. The van der Waals surface area contributed by atoms with Gasteiger partial charge in [0.1, 0.15) is 5.75 Å². The topological polar surface area (TPSA) is 75.5 Å².